The van der Waals surface area contributed by atoms with Gasteiger partial charge in [0.2, 0.25) is 0 Å². The fourth-order valence-electron chi connectivity index (χ4n) is 9.20. The van der Waals surface area contributed by atoms with E-state index >= 15 is 0 Å². The number of hydrogen-bond acceptors (Lipinski definition) is 6. The Labute approximate surface area is 441 Å². The second-order valence-electron chi connectivity index (χ2n) is 21.0. The summed E-state index contributed by atoms with van der Waals surface area (Å²) in [6.45, 7) is 6.52. The molecule has 71 heavy (non-hydrogen) atoms. The Morgan fingerprint density at radius 1 is 0.296 bits per heavy atom. The summed E-state index contributed by atoms with van der Waals surface area (Å²) in [5.74, 6) is -0.855. The highest BCUT2D eigenvalue weighted by Crippen LogP contribution is 2.17. The maximum absolute atomic E-state index is 12.7. The summed E-state index contributed by atoms with van der Waals surface area (Å²) in [6, 6.07) is 0. The van der Waals surface area contributed by atoms with Gasteiger partial charge in [0.15, 0.2) is 6.10 Å². The number of hydrogen-bond donors (Lipinski definition) is 0. The first-order valence-electron chi connectivity index (χ1n) is 31.1. The zero-order valence-corrected chi connectivity index (χ0v) is 47.5. The third-order valence-corrected chi connectivity index (χ3v) is 13.8. The molecule has 0 fully saturated rings. The first-order valence-corrected chi connectivity index (χ1v) is 31.1. The van der Waals surface area contributed by atoms with Crippen LogP contribution in [0.15, 0.2) is 48.6 Å². The van der Waals surface area contributed by atoms with Crippen molar-refractivity contribution in [3.05, 3.63) is 48.6 Å². The topological polar surface area (TPSA) is 78.9 Å². The molecular formula is C65H118O6. The molecule has 0 aromatic carbocycles. The minimum absolute atomic E-state index is 0.0660. The van der Waals surface area contributed by atoms with Crippen molar-refractivity contribution in [3.8, 4) is 0 Å². The van der Waals surface area contributed by atoms with Crippen LogP contribution in [-0.4, -0.2) is 37.2 Å². The average molecular weight is 996 g/mol. The summed E-state index contributed by atoms with van der Waals surface area (Å²) >= 11 is 0. The maximum atomic E-state index is 12.7. The van der Waals surface area contributed by atoms with Gasteiger partial charge in [-0.25, -0.2) is 0 Å². The van der Waals surface area contributed by atoms with Crippen LogP contribution in [0.25, 0.3) is 0 Å². The summed E-state index contributed by atoms with van der Waals surface area (Å²) in [5, 5.41) is 0. The van der Waals surface area contributed by atoms with E-state index in [1.165, 1.54) is 205 Å². The molecule has 414 valence electrons. The first-order chi connectivity index (χ1) is 35.0. The third-order valence-electron chi connectivity index (χ3n) is 13.8. The number of carbonyl (C=O) groups excluding carboxylic acids is 3. The Morgan fingerprint density at radius 3 is 0.859 bits per heavy atom. The molecule has 0 radical (unpaired) electrons. The van der Waals surface area contributed by atoms with Gasteiger partial charge in [-0.1, -0.05) is 301 Å². The largest absolute Gasteiger partial charge is 0.462 e. The highest BCUT2D eigenvalue weighted by atomic mass is 16.6. The molecule has 0 aromatic rings. The molecule has 0 amide bonds. The van der Waals surface area contributed by atoms with E-state index in [1.807, 2.05) is 0 Å². The first kappa shape index (κ1) is 68.4. The van der Waals surface area contributed by atoms with Crippen molar-refractivity contribution in [3.63, 3.8) is 0 Å². The zero-order valence-electron chi connectivity index (χ0n) is 47.5. The van der Waals surface area contributed by atoms with Crippen molar-refractivity contribution in [1.29, 1.82) is 0 Å². The van der Waals surface area contributed by atoms with Crippen molar-refractivity contribution in [2.75, 3.05) is 13.2 Å². The van der Waals surface area contributed by atoms with Crippen LogP contribution in [-0.2, 0) is 28.6 Å². The lowest BCUT2D eigenvalue weighted by Gasteiger charge is -2.18. The van der Waals surface area contributed by atoms with Crippen molar-refractivity contribution in [1.82, 2.24) is 0 Å². The molecule has 0 spiro atoms. The van der Waals surface area contributed by atoms with E-state index in [1.54, 1.807) is 0 Å². The van der Waals surface area contributed by atoms with Gasteiger partial charge >= 0.3 is 17.9 Å². The number of esters is 3. The number of ether oxygens (including phenoxy) is 3. The summed E-state index contributed by atoms with van der Waals surface area (Å²) in [7, 11) is 0. The molecule has 0 saturated heterocycles. The molecule has 0 aromatic heterocycles. The van der Waals surface area contributed by atoms with Gasteiger partial charge in [-0.15, -0.1) is 0 Å². The van der Waals surface area contributed by atoms with E-state index in [0.29, 0.717) is 19.3 Å². The fourth-order valence-corrected chi connectivity index (χ4v) is 9.20. The summed E-state index contributed by atoms with van der Waals surface area (Å²) in [4.78, 5) is 37.9. The number of rotatable bonds is 57. The van der Waals surface area contributed by atoms with Crippen LogP contribution in [0.1, 0.15) is 329 Å². The lowest BCUT2D eigenvalue weighted by molar-refractivity contribution is -0.167. The maximum Gasteiger partial charge on any atom is 0.306 e. The molecule has 0 saturated carbocycles. The minimum atomic E-state index is -0.763. The molecule has 0 rings (SSSR count). The lowest BCUT2D eigenvalue weighted by Crippen LogP contribution is -2.30. The summed E-state index contributed by atoms with van der Waals surface area (Å²) in [5.41, 5.74) is 0. The van der Waals surface area contributed by atoms with E-state index in [0.717, 1.165) is 83.5 Å². The number of allylic oxidation sites excluding steroid dienone is 8. The highest BCUT2D eigenvalue weighted by molar-refractivity contribution is 5.71. The molecule has 0 N–H and O–H groups in total. The molecule has 0 aliphatic carbocycles. The van der Waals surface area contributed by atoms with E-state index in [2.05, 4.69) is 69.4 Å². The molecule has 1 atom stereocenters. The monoisotopic (exact) mass is 995 g/mol. The van der Waals surface area contributed by atoms with E-state index in [-0.39, 0.29) is 31.1 Å². The highest BCUT2D eigenvalue weighted by Gasteiger charge is 2.19. The normalized spacial score (nSPS) is 12.3. The van der Waals surface area contributed by atoms with Gasteiger partial charge < -0.3 is 14.2 Å². The molecular weight excluding hydrogens is 877 g/mol. The predicted octanol–water partition coefficient (Wildman–Crippen LogP) is 21.0. The van der Waals surface area contributed by atoms with Crippen LogP contribution in [0.4, 0.5) is 0 Å². The molecule has 6 heteroatoms. The average Bonchev–Trinajstić information content (AvgIpc) is 3.37. The molecule has 0 heterocycles. The quantitative estimate of drug-likeness (QED) is 0.0261. The zero-order chi connectivity index (χ0) is 51.4. The number of unbranched alkanes of at least 4 members (excludes halogenated alkanes) is 38. The second kappa shape index (κ2) is 59.9. The van der Waals surface area contributed by atoms with Crippen molar-refractivity contribution < 1.29 is 28.6 Å². The van der Waals surface area contributed by atoms with Gasteiger partial charge in [-0.05, 0) is 57.8 Å². The Balaban J connectivity index is 3.87. The minimum Gasteiger partial charge on any atom is -0.462 e. The van der Waals surface area contributed by atoms with Crippen LogP contribution in [0.2, 0.25) is 0 Å². The molecule has 6 nitrogen and oxygen atoms in total. The van der Waals surface area contributed by atoms with Crippen molar-refractivity contribution in [2.45, 2.75) is 335 Å². The van der Waals surface area contributed by atoms with Crippen LogP contribution in [0, 0.1) is 0 Å². The lowest BCUT2D eigenvalue weighted by atomic mass is 10.0. The Bertz CT molecular complexity index is 1230. The van der Waals surface area contributed by atoms with Crippen LogP contribution < -0.4 is 0 Å². The van der Waals surface area contributed by atoms with Gasteiger partial charge in [0.05, 0.1) is 0 Å². The molecule has 1 unspecified atom stereocenters. The predicted molar refractivity (Wildman–Crippen MR) is 307 cm³/mol. The Hall–Kier alpha value is -2.63. The smallest absolute Gasteiger partial charge is 0.306 e. The third kappa shape index (κ3) is 58.1. The molecule has 0 aliphatic heterocycles. The molecule has 0 bridgehead atoms. The molecule has 0 aliphatic rings. The van der Waals surface area contributed by atoms with Gasteiger partial charge in [0.1, 0.15) is 13.2 Å². The van der Waals surface area contributed by atoms with Crippen LogP contribution in [0.5, 0.6) is 0 Å². The van der Waals surface area contributed by atoms with E-state index in [9.17, 15) is 14.4 Å². The van der Waals surface area contributed by atoms with Gasteiger partial charge in [-0.2, -0.15) is 0 Å². The standard InChI is InChI=1S/C65H118O6/c1-4-7-10-13-16-19-21-22-23-24-25-26-27-28-29-30-31-32-33-34-35-36-37-38-39-40-41-42-43-44-45-47-49-52-55-58-64(67)70-61-62(60-69-63(66)57-54-51-48-18-15-12-9-6-3)71-65(68)59-56-53-50-46-20-17-14-11-8-5-2/h7,10,16,19,22-23,25-26,62H,4-6,8-9,11-15,17-18,20-21,24,27-61H2,1-3H3/b10-7-,19-16-,23-22-,26-25-. The Morgan fingerprint density at radius 2 is 0.549 bits per heavy atom. The van der Waals surface area contributed by atoms with Gasteiger partial charge in [0.25, 0.3) is 0 Å². The summed E-state index contributed by atoms with van der Waals surface area (Å²) < 4.78 is 16.8. The van der Waals surface area contributed by atoms with Gasteiger partial charge in [0, 0.05) is 19.3 Å². The SMILES string of the molecule is CC/C=C\C/C=C\C/C=C\C/C=C\CCCCCCCCCCCCCCCCCCCCCCCCC(=O)OCC(COC(=O)CCCCCCCCCC)OC(=O)CCCCCCCCCCCC. The van der Waals surface area contributed by atoms with E-state index in [4.69, 9.17) is 14.2 Å². The fraction of sp³-hybridized carbons (Fsp3) is 0.831. The van der Waals surface area contributed by atoms with Crippen molar-refractivity contribution in [2.24, 2.45) is 0 Å². The second-order valence-corrected chi connectivity index (χ2v) is 21.0. The Kier molecular flexibility index (Phi) is 57.7. The summed E-state index contributed by atoms with van der Waals surface area (Å²) in [6.07, 6.45) is 74.5. The van der Waals surface area contributed by atoms with Gasteiger partial charge in [-0.3, -0.25) is 14.4 Å². The van der Waals surface area contributed by atoms with Crippen LogP contribution in [0.3, 0.4) is 0 Å². The number of carbonyl (C=O) groups is 3. The van der Waals surface area contributed by atoms with E-state index < -0.39 is 6.10 Å². The van der Waals surface area contributed by atoms with Crippen LogP contribution >= 0.6 is 0 Å². The van der Waals surface area contributed by atoms with Crippen molar-refractivity contribution >= 4 is 17.9 Å².